The van der Waals surface area contributed by atoms with E-state index in [2.05, 4.69) is 5.32 Å². The van der Waals surface area contributed by atoms with Crippen LogP contribution < -0.4 is 14.8 Å². The van der Waals surface area contributed by atoms with E-state index in [4.69, 9.17) is 21.1 Å². The van der Waals surface area contributed by atoms with Crippen molar-refractivity contribution in [3.8, 4) is 11.5 Å². The minimum Gasteiger partial charge on any atom is -0.493 e. The zero-order valence-electron chi connectivity index (χ0n) is 13.3. The number of benzene rings is 3. The number of hydrogen-bond donors (Lipinski definition) is 1. The lowest BCUT2D eigenvalue weighted by atomic mass is 10.1. The lowest BCUT2D eigenvalue weighted by Gasteiger charge is -2.13. The van der Waals surface area contributed by atoms with E-state index in [9.17, 15) is 4.79 Å². The second-order valence-corrected chi connectivity index (χ2v) is 5.58. The van der Waals surface area contributed by atoms with Gasteiger partial charge in [-0.05, 0) is 23.6 Å². The van der Waals surface area contributed by atoms with Crippen LogP contribution in [-0.2, 0) is 0 Å². The molecule has 0 heterocycles. The third-order valence-electron chi connectivity index (χ3n) is 3.73. The second kappa shape index (κ2) is 6.81. The van der Waals surface area contributed by atoms with Crippen LogP contribution in [0.4, 0.5) is 5.69 Å². The molecule has 3 aromatic carbocycles. The first-order valence-corrected chi connectivity index (χ1v) is 7.72. The molecule has 0 unspecified atom stereocenters. The maximum Gasteiger partial charge on any atom is 0.255 e. The van der Waals surface area contributed by atoms with Crippen LogP contribution in [0.15, 0.2) is 54.6 Å². The van der Waals surface area contributed by atoms with Gasteiger partial charge in [-0.2, -0.15) is 0 Å². The van der Waals surface area contributed by atoms with Crippen LogP contribution in [0.25, 0.3) is 10.8 Å². The van der Waals surface area contributed by atoms with Crippen molar-refractivity contribution in [3.63, 3.8) is 0 Å². The van der Waals surface area contributed by atoms with E-state index in [0.29, 0.717) is 22.1 Å². The molecule has 0 bridgehead atoms. The summed E-state index contributed by atoms with van der Waals surface area (Å²) in [5.41, 5.74) is 1.13. The standard InChI is InChI=1S/C19H16ClNO3/c1-23-17-11-13(10-15(20)18(17)24-2)19(22)21-16-9-5-7-12-6-3-4-8-14(12)16/h3-11H,1-2H3,(H,21,22). The summed E-state index contributed by atoms with van der Waals surface area (Å²) in [6.07, 6.45) is 0. The number of carbonyl (C=O) groups is 1. The Kier molecular flexibility index (Phi) is 4.58. The van der Waals surface area contributed by atoms with Crippen LogP contribution in [0.3, 0.4) is 0 Å². The predicted octanol–water partition coefficient (Wildman–Crippen LogP) is 4.76. The Labute approximate surface area is 145 Å². The second-order valence-electron chi connectivity index (χ2n) is 5.17. The molecule has 0 aromatic heterocycles. The molecule has 3 rings (SSSR count). The van der Waals surface area contributed by atoms with E-state index in [-0.39, 0.29) is 5.91 Å². The quantitative estimate of drug-likeness (QED) is 0.744. The summed E-state index contributed by atoms with van der Waals surface area (Å²) in [4.78, 5) is 12.6. The van der Waals surface area contributed by atoms with Crippen LogP contribution in [0.1, 0.15) is 10.4 Å². The van der Waals surface area contributed by atoms with E-state index in [1.54, 1.807) is 12.1 Å². The van der Waals surface area contributed by atoms with Crippen molar-refractivity contribution >= 4 is 34.0 Å². The average Bonchev–Trinajstić information content (AvgIpc) is 2.61. The van der Waals surface area contributed by atoms with Gasteiger partial charge in [-0.1, -0.05) is 48.0 Å². The van der Waals surface area contributed by atoms with Gasteiger partial charge in [0, 0.05) is 16.6 Å². The summed E-state index contributed by atoms with van der Waals surface area (Å²) in [5.74, 6) is 0.545. The summed E-state index contributed by atoms with van der Waals surface area (Å²) < 4.78 is 10.4. The Balaban J connectivity index is 1.96. The molecule has 0 aliphatic rings. The van der Waals surface area contributed by atoms with Gasteiger partial charge in [0.25, 0.3) is 5.91 Å². The number of nitrogens with one attached hydrogen (secondary N) is 1. The Morgan fingerprint density at radius 3 is 2.50 bits per heavy atom. The van der Waals surface area contributed by atoms with E-state index in [0.717, 1.165) is 16.5 Å². The molecular formula is C19H16ClNO3. The van der Waals surface area contributed by atoms with Gasteiger partial charge < -0.3 is 14.8 Å². The predicted molar refractivity (Wildman–Crippen MR) is 96.5 cm³/mol. The van der Waals surface area contributed by atoms with Crippen LogP contribution in [0.2, 0.25) is 5.02 Å². The number of halogens is 1. The number of rotatable bonds is 4. The van der Waals surface area contributed by atoms with Crippen LogP contribution in [-0.4, -0.2) is 20.1 Å². The zero-order valence-corrected chi connectivity index (χ0v) is 14.1. The molecule has 0 radical (unpaired) electrons. The third-order valence-corrected chi connectivity index (χ3v) is 4.01. The van der Waals surface area contributed by atoms with Crippen molar-refractivity contribution in [2.75, 3.05) is 19.5 Å². The molecule has 0 spiro atoms. The van der Waals surface area contributed by atoms with Gasteiger partial charge in [0.15, 0.2) is 11.5 Å². The zero-order chi connectivity index (χ0) is 17.1. The molecule has 3 aromatic rings. The van der Waals surface area contributed by atoms with Gasteiger partial charge in [-0.3, -0.25) is 4.79 Å². The third kappa shape index (κ3) is 3.01. The minimum atomic E-state index is -0.269. The molecule has 0 aliphatic carbocycles. The van der Waals surface area contributed by atoms with Crippen molar-refractivity contribution < 1.29 is 14.3 Å². The van der Waals surface area contributed by atoms with E-state index >= 15 is 0 Å². The van der Waals surface area contributed by atoms with Gasteiger partial charge in [0.1, 0.15) is 0 Å². The Morgan fingerprint density at radius 2 is 1.75 bits per heavy atom. The van der Waals surface area contributed by atoms with E-state index in [1.807, 2.05) is 42.5 Å². The monoisotopic (exact) mass is 341 g/mol. The molecule has 5 heteroatoms. The van der Waals surface area contributed by atoms with Crippen LogP contribution in [0.5, 0.6) is 11.5 Å². The number of fused-ring (bicyclic) bond motifs is 1. The number of methoxy groups -OCH3 is 2. The lowest BCUT2D eigenvalue weighted by molar-refractivity contribution is 0.102. The first kappa shape index (κ1) is 16.1. The molecule has 1 N–H and O–H groups in total. The molecule has 1 amide bonds. The molecule has 24 heavy (non-hydrogen) atoms. The van der Waals surface area contributed by atoms with Gasteiger partial charge in [-0.25, -0.2) is 0 Å². The number of ether oxygens (including phenoxy) is 2. The van der Waals surface area contributed by atoms with Crippen LogP contribution >= 0.6 is 11.6 Å². The Morgan fingerprint density at radius 1 is 1.00 bits per heavy atom. The smallest absolute Gasteiger partial charge is 0.255 e. The fraction of sp³-hybridized carbons (Fsp3) is 0.105. The van der Waals surface area contributed by atoms with Gasteiger partial charge >= 0.3 is 0 Å². The van der Waals surface area contributed by atoms with Crippen LogP contribution in [0, 0.1) is 0 Å². The van der Waals surface area contributed by atoms with Gasteiger partial charge in [0.05, 0.1) is 19.2 Å². The van der Waals surface area contributed by atoms with E-state index < -0.39 is 0 Å². The van der Waals surface area contributed by atoms with Crippen molar-refractivity contribution in [1.29, 1.82) is 0 Å². The fourth-order valence-electron chi connectivity index (χ4n) is 2.58. The largest absolute Gasteiger partial charge is 0.493 e. The SMILES string of the molecule is COc1cc(C(=O)Nc2cccc3ccccc23)cc(Cl)c1OC. The number of amides is 1. The lowest BCUT2D eigenvalue weighted by Crippen LogP contribution is -2.12. The first-order chi connectivity index (χ1) is 11.6. The topological polar surface area (TPSA) is 47.6 Å². The number of anilines is 1. The van der Waals surface area contributed by atoms with Crippen molar-refractivity contribution in [2.45, 2.75) is 0 Å². The van der Waals surface area contributed by atoms with Gasteiger partial charge in [-0.15, -0.1) is 0 Å². The summed E-state index contributed by atoms with van der Waals surface area (Å²) in [6, 6.07) is 16.8. The molecule has 0 aliphatic heterocycles. The Hall–Kier alpha value is -2.72. The van der Waals surface area contributed by atoms with E-state index in [1.165, 1.54) is 14.2 Å². The van der Waals surface area contributed by atoms with Crippen molar-refractivity contribution in [2.24, 2.45) is 0 Å². The summed E-state index contributed by atoms with van der Waals surface area (Å²) in [6.45, 7) is 0. The maximum atomic E-state index is 12.6. The first-order valence-electron chi connectivity index (χ1n) is 7.34. The van der Waals surface area contributed by atoms with Crippen molar-refractivity contribution in [1.82, 2.24) is 0 Å². The highest BCUT2D eigenvalue weighted by atomic mass is 35.5. The fourth-order valence-corrected chi connectivity index (χ4v) is 2.87. The molecule has 0 saturated heterocycles. The highest BCUT2D eigenvalue weighted by molar-refractivity contribution is 6.32. The van der Waals surface area contributed by atoms with Gasteiger partial charge in [0.2, 0.25) is 0 Å². The molecule has 0 fully saturated rings. The Bertz CT molecular complexity index is 903. The summed E-state index contributed by atoms with van der Waals surface area (Å²) >= 11 is 6.17. The number of hydrogen-bond acceptors (Lipinski definition) is 3. The molecular weight excluding hydrogens is 326 g/mol. The average molecular weight is 342 g/mol. The summed E-state index contributed by atoms with van der Waals surface area (Å²) in [7, 11) is 3.00. The molecule has 0 atom stereocenters. The molecule has 122 valence electrons. The molecule has 0 saturated carbocycles. The highest BCUT2D eigenvalue weighted by Gasteiger charge is 2.16. The summed E-state index contributed by atoms with van der Waals surface area (Å²) in [5, 5.41) is 5.27. The normalized spacial score (nSPS) is 10.5. The molecule has 4 nitrogen and oxygen atoms in total. The maximum absolute atomic E-state index is 12.6. The highest BCUT2D eigenvalue weighted by Crippen LogP contribution is 2.36. The van der Waals surface area contributed by atoms with Crippen molar-refractivity contribution in [3.05, 3.63) is 65.2 Å². The number of carbonyl (C=O) groups excluding carboxylic acids is 1. The minimum absolute atomic E-state index is 0.269.